The molecule has 2 heterocycles. The molecule has 1 aliphatic rings. The monoisotopic (exact) mass is 370 g/mol. The van der Waals surface area contributed by atoms with Gasteiger partial charge in [-0.25, -0.2) is 4.99 Å². The first-order chi connectivity index (χ1) is 12.8. The summed E-state index contributed by atoms with van der Waals surface area (Å²) < 4.78 is 18.0. The van der Waals surface area contributed by atoms with Gasteiger partial charge in [0.2, 0.25) is 6.79 Å². The van der Waals surface area contributed by atoms with E-state index in [1.807, 2.05) is 52.4 Å². The Hall–Kier alpha value is -2.77. The predicted molar refractivity (Wildman–Crippen MR) is 99.2 cm³/mol. The number of aliphatic hydroxyl groups is 1. The van der Waals surface area contributed by atoms with Gasteiger partial charge >= 0.3 is 0 Å². The second-order valence-electron chi connectivity index (χ2n) is 5.66. The minimum Gasteiger partial charge on any atom is -0.497 e. The molecule has 134 valence electrons. The van der Waals surface area contributed by atoms with Gasteiger partial charge in [0.05, 0.1) is 25.1 Å². The zero-order valence-electron chi connectivity index (χ0n) is 14.2. The summed E-state index contributed by atoms with van der Waals surface area (Å²) in [6.45, 7) is 0.740. The molecule has 6 nitrogen and oxygen atoms in total. The van der Waals surface area contributed by atoms with E-state index in [-0.39, 0.29) is 13.4 Å². The predicted octanol–water partition coefficient (Wildman–Crippen LogP) is 3.18. The van der Waals surface area contributed by atoms with E-state index in [0.717, 1.165) is 39.0 Å². The van der Waals surface area contributed by atoms with E-state index in [2.05, 4.69) is 0 Å². The molecular formula is C19H18N2O4S. The third kappa shape index (κ3) is 3.18. The van der Waals surface area contributed by atoms with Gasteiger partial charge in [-0.1, -0.05) is 0 Å². The molecule has 0 saturated carbocycles. The Balaban J connectivity index is 1.76. The zero-order chi connectivity index (χ0) is 17.9. The van der Waals surface area contributed by atoms with Crippen molar-refractivity contribution in [2.24, 2.45) is 4.99 Å². The molecule has 0 fully saturated rings. The summed E-state index contributed by atoms with van der Waals surface area (Å²) in [5.74, 6) is 2.28. The number of rotatable bonds is 5. The number of hydrogen-bond acceptors (Lipinski definition) is 6. The Bertz CT molecular complexity index is 976. The highest BCUT2D eigenvalue weighted by molar-refractivity contribution is 7.07. The van der Waals surface area contributed by atoms with Crippen molar-refractivity contribution in [1.82, 2.24) is 4.57 Å². The molecule has 0 unspecified atom stereocenters. The molecule has 0 amide bonds. The number of thiazole rings is 1. The fourth-order valence-electron chi connectivity index (χ4n) is 2.79. The molecule has 1 aromatic heterocycles. The molecule has 0 aliphatic carbocycles. The van der Waals surface area contributed by atoms with E-state index in [4.69, 9.17) is 19.2 Å². The van der Waals surface area contributed by atoms with Crippen molar-refractivity contribution in [3.8, 4) is 28.5 Å². The second-order valence-corrected chi connectivity index (χ2v) is 6.49. The Kier molecular flexibility index (Phi) is 4.64. The summed E-state index contributed by atoms with van der Waals surface area (Å²) >= 11 is 1.53. The van der Waals surface area contributed by atoms with E-state index >= 15 is 0 Å². The summed E-state index contributed by atoms with van der Waals surface area (Å²) in [6, 6.07) is 13.4. The van der Waals surface area contributed by atoms with Crippen LogP contribution < -0.4 is 19.0 Å². The van der Waals surface area contributed by atoms with E-state index < -0.39 is 0 Å². The molecule has 2 aromatic carbocycles. The van der Waals surface area contributed by atoms with Gasteiger partial charge < -0.3 is 23.9 Å². The smallest absolute Gasteiger partial charge is 0.231 e. The van der Waals surface area contributed by atoms with Crippen LogP contribution in [0.2, 0.25) is 0 Å². The van der Waals surface area contributed by atoms with Gasteiger partial charge in [0.25, 0.3) is 0 Å². The Labute approximate surface area is 154 Å². The van der Waals surface area contributed by atoms with Crippen molar-refractivity contribution in [3.05, 3.63) is 52.6 Å². The van der Waals surface area contributed by atoms with Gasteiger partial charge in [0.15, 0.2) is 16.3 Å². The average molecular weight is 370 g/mol. The first-order valence-corrected chi connectivity index (χ1v) is 9.04. The van der Waals surface area contributed by atoms with Gasteiger partial charge in [-0.2, -0.15) is 0 Å². The molecule has 1 aliphatic heterocycles. The van der Waals surface area contributed by atoms with Gasteiger partial charge in [0, 0.05) is 17.5 Å². The molecule has 0 spiro atoms. The van der Waals surface area contributed by atoms with Gasteiger partial charge in [-0.15, -0.1) is 11.3 Å². The highest BCUT2D eigenvalue weighted by Gasteiger charge is 2.16. The van der Waals surface area contributed by atoms with Crippen molar-refractivity contribution in [1.29, 1.82) is 0 Å². The first-order valence-electron chi connectivity index (χ1n) is 8.16. The molecule has 4 rings (SSSR count). The Morgan fingerprint density at radius 1 is 1.15 bits per heavy atom. The number of methoxy groups -OCH3 is 1. The molecular weight excluding hydrogens is 352 g/mol. The lowest BCUT2D eigenvalue weighted by molar-refractivity contribution is 0.174. The standard InChI is InChI=1S/C19H18N2O4S/c1-23-15-5-3-14(4-6-15)20-19-21(8-9-22)16(11-26-19)13-2-7-17-18(10-13)25-12-24-17/h2-7,10-11,22H,8-9,12H2,1H3. The van der Waals surface area contributed by atoms with Crippen molar-refractivity contribution < 1.29 is 19.3 Å². The zero-order valence-corrected chi connectivity index (χ0v) is 15.0. The minimum atomic E-state index is 0.0318. The van der Waals surface area contributed by atoms with Gasteiger partial charge in [0.1, 0.15) is 5.75 Å². The van der Waals surface area contributed by atoms with Crippen LogP contribution in [0.25, 0.3) is 11.3 Å². The number of hydrogen-bond donors (Lipinski definition) is 1. The lowest BCUT2D eigenvalue weighted by Gasteiger charge is -2.08. The highest BCUT2D eigenvalue weighted by atomic mass is 32.1. The quantitative estimate of drug-likeness (QED) is 0.749. The van der Waals surface area contributed by atoms with Crippen LogP contribution in [0.4, 0.5) is 5.69 Å². The van der Waals surface area contributed by atoms with E-state index in [0.29, 0.717) is 6.54 Å². The molecule has 1 N–H and O–H groups in total. The van der Waals surface area contributed by atoms with E-state index in [1.165, 1.54) is 11.3 Å². The van der Waals surface area contributed by atoms with Gasteiger partial charge in [-0.3, -0.25) is 0 Å². The fraction of sp³-hybridized carbons (Fsp3) is 0.211. The number of benzene rings is 2. The summed E-state index contributed by atoms with van der Waals surface area (Å²) in [5, 5.41) is 11.5. The highest BCUT2D eigenvalue weighted by Crippen LogP contribution is 2.36. The van der Waals surface area contributed by atoms with Crippen LogP contribution in [0.15, 0.2) is 52.8 Å². The molecule has 0 radical (unpaired) electrons. The SMILES string of the molecule is COc1ccc(N=c2scc(-c3ccc4c(c3)OCO4)n2CCO)cc1. The maximum Gasteiger partial charge on any atom is 0.231 e. The Morgan fingerprint density at radius 2 is 1.96 bits per heavy atom. The molecule has 7 heteroatoms. The fourth-order valence-corrected chi connectivity index (χ4v) is 3.74. The van der Waals surface area contributed by atoms with Crippen LogP contribution in [-0.2, 0) is 6.54 Å². The Morgan fingerprint density at radius 3 is 2.73 bits per heavy atom. The number of fused-ring (bicyclic) bond motifs is 1. The van der Waals surface area contributed by atoms with Crippen LogP contribution in [0.1, 0.15) is 0 Å². The largest absolute Gasteiger partial charge is 0.497 e. The summed E-state index contributed by atoms with van der Waals surface area (Å²) in [5.41, 5.74) is 2.81. The molecule has 0 saturated heterocycles. The topological polar surface area (TPSA) is 65.2 Å². The first kappa shape index (κ1) is 16.7. The maximum atomic E-state index is 9.50. The normalized spacial score (nSPS) is 13.2. The average Bonchev–Trinajstić information content (AvgIpc) is 3.29. The number of aliphatic hydroxyl groups excluding tert-OH is 1. The summed E-state index contributed by atoms with van der Waals surface area (Å²) in [6.07, 6.45) is 0. The lowest BCUT2D eigenvalue weighted by atomic mass is 10.1. The van der Waals surface area contributed by atoms with Crippen LogP contribution in [0.3, 0.4) is 0 Å². The second kappa shape index (κ2) is 7.23. The maximum absolute atomic E-state index is 9.50. The summed E-state index contributed by atoms with van der Waals surface area (Å²) in [4.78, 5) is 5.53. The van der Waals surface area contributed by atoms with E-state index in [1.54, 1.807) is 7.11 Å². The third-order valence-corrected chi connectivity index (χ3v) is 4.95. The van der Waals surface area contributed by atoms with Crippen molar-refractivity contribution >= 4 is 17.0 Å². The van der Waals surface area contributed by atoms with Crippen molar-refractivity contribution in [2.45, 2.75) is 6.54 Å². The van der Waals surface area contributed by atoms with Crippen LogP contribution in [0.5, 0.6) is 17.2 Å². The lowest BCUT2D eigenvalue weighted by Crippen LogP contribution is -2.17. The summed E-state index contributed by atoms with van der Waals surface area (Å²) in [7, 11) is 1.64. The van der Waals surface area contributed by atoms with Crippen LogP contribution in [0, 0.1) is 0 Å². The third-order valence-electron chi connectivity index (χ3n) is 4.09. The van der Waals surface area contributed by atoms with Crippen LogP contribution >= 0.6 is 11.3 Å². The number of aromatic nitrogens is 1. The molecule has 26 heavy (non-hydrogen) atoms. The molecule has 0 atom stereocenters. The van der Waals surface area contributed by atoms with Crippen molar-refractivity contribution in [2.75, 3.05) is 20.5 Å². The van der Waals surface area contributed by atoms with Crippen molar-refractivity contribution in [3.63, 3.8) is 0 Å². The molecule has 3 aromatic rings. The number of ether oxygens (including phenoxy) is 3. The van der Waals surface area contributed by atoms with Gasteiger partial charge in [-0.05, 0) is 42.5 Å². The minimum absolute atomic E-state index is 0.0318. The molecule has 0 bridgehead atoms. The van der Waals surface area contributed by atoms with Crippen LogP contribution in [-0.4, -0.2) is 30.2 Å². The number of nitrogens with zero attached hydrogens (tertiary/aromatic N) is 2. The van der Waals surface area contributed by atoms with E-state index in [9.17, 15) is 5.11 Å².